The number of amides is 1. The van der Waals surface area contributed by atoms with Crippen LogP contribution in [-0.4, -0.2) is 49.0 Å². The Labute approximate surface area is 186 Å². The van der Waals surface area contributed by atoms with Gasteiger partial charge in [-0.1, -0.05) is 64.5 Å². The molecule has 1 fully saturated rings. The van der Waals surface area contributed by atoms with E-state index < -0.39 is 0 Å². The molecule has 0 saturated carbocycles. The topological polar surface area (TPSA) is 32.8 Å². The Morgan fingerprint density at radius 3 is 2.20 bits per heavy atom. The van der Waals surface area contributed by atoms with Crippen molar-refractivity contribution in [1.82, 2.24) is 9.80 Å². The molecule has 1 amide bonds. The lowest BCUT2D eigenvalue weighted by Crippen LogP contribution is -2.49. The Kier molecular flexibility index (Phi) is 6.50. The average molecular weight is 465 g/mol. The summed E-state index contributed by atoms with van der Waals surface area (Å²) in [6.07, 6.45) is 0. The van der Waals surface area contributed by atoms with Crippen molar-refractivity contribution in [3.8, 4) is 5.75 Å². The zero-order valence-electron chi connectivity index (χ0n) is 17.0. The van der Waals surface area contributed by atoms with Crippen molar-refractivity contribution in [2.75, 3.05) is 33.3 Å². The van der Waals surface area contributed by atoms with Gasteiger partial charge in [-0.2, -0.15) is 0 Å². The third kappa shape index (κ3) is 4.58. The van der Waals surface area contributed by atoms with Crippen LogP contribution in [0.1, 0.15) is 27.5 Å². The summed E-state index contributed by atoms with van der Waals surface area (Å²) in [5.41, 5.74) is 3.21. The maximum atomic E-state index is 13.0. The predicted molar refractivity (Wildman–Crippen MR) is 123 cm³/mol. The Balaban J connectivity index is 1.51. The number of carbonyl (C=O) groups is 1. The molecule has 1 aliphatic rings. The van der Waals surface area contributed by atoms with Crippen LogP contribution < -0.4 is 4.74 Å². The lowest BCUT2D eigenvalue weighted by atomic mass is 9.96. The Hall–Kier alpha value is -2.63. The fourth-order valence-corrected chi connectivity index (χ4v) is 4.28. The quantitative estimate of drug-likeness (QED) is 0.532. The maximum Gasteiger partial charge on any atom is 0.254 e. The molecule has 0 radical (unpaired) electrons. The van der Waals surface area contributed by atoms with Gasteiger partial charge in [0.15, 0.2) is 0 Å². The van der Waals surface area contributed by atoms with Gasteiger partial charge in [0.25, 0.3) is 5.91 Å². The van der Waals surface area contributed by atoms with Gasteiger partial charge in [-0.05, 0) is 41.5 Å². The van der Waals surface area contributed by atoms with Gasteiger partial charge in [0, 0.05) is 36.2 Å². The van der Waals surface area contributed by atoms with Crippen LogP contribution in [0.3, 0.4) is 0 Å². The van der Waals surface area contributed by atoms with Crippen molar-refractivity contribution in [3.63, 3.8) is 0 Å². The molecule has 0 aromatic heterocycles. The average Bonchev–Trinajstić information content (AvgIpc) is 2.81. The number of carbonyl (C=O) groups excluding carboxylic acids is 1. The van der Waals surface area contributed by atoms with E-state index in [1.807, 2.05) is 35.2 Å². The molecule has 0 N–H and O–H groups in total. The molecule has 3 aromatic carbocycles. The molecule has 4 rings (SSSR count). The summed E-state index contributed by atoms with van der Waals surface area (Å²) < 4.78 is 6.34. The number of hydrogen-bond donors (Lipinski definition) is 0. The number of hydrogen-bond acceptors (Lipinski definition) is 3. The van der Waals surface area contributed by atoms with E-state index in [0.717, 1.165) is 17.6 Å². The molecule has 154 valence electrons. The molecule has 0 spiro atoms. The van der Waals surface area contributed by atoms with E-state index in [1.54, 1.807) is 7.11 Å². The number of ether oxygens (including phenoxy) is 1. The van der Waals surface area contributed by atoms with Gasteiger partial charge in [-0.25, -0.2) is 0 Å². The fourth-order valence-electron chi connectivity index (χ4n) is 4.02. The SMILES string of the molecule is COc1cccc(C(=O)N2CCN(C(c3ccccc3)c3ccc(Br)cc3)CC2)c1. The van der Waals surface area contributed by atoms with Gasteiger partial charge in [0.05, 0.1) is 13.2 Å². The van der Waals surface area contributed by atoms with Gasteiger partial charge in [-0.15, -0.1) is 0 Å². The first-order chi connectivity index (χ1) is 14.7. The fraction of sp³-hybridized carbons (Fsp3) is 0.240. The second kappa shape index (κ2) is 9.45. The maximum absolute atomic E-state index is 13.0. The number of halogens is 1. The third-order valence-corrected chi connectivity index (χ3v) is 6.11. The normalized spacial score (nSPS) is 15.6. The van der Waals surface area contributed by atoms with Gasteiger partial charge < -0.3 is 9.64 Å². The number of methoxy groups -OCH3 is 1. The summed E-state index contributed by atoms with van der Waals surface area (Å²) in [5, 5.41) is 0. The number of benzene rings is 3. The monoisotopic (exact) mass is 464 g/mol. The van der Waals surface area contributed by atoms with E-state index in [0.29, 0.717) is 24.4 Å². The summed E-state index contributed by atoms with van der Waals surface area (Å²) in [4.78, 5) is 17.4. The second-order valence-electron chi connectivity index (χ2n) is 7.42. The minimum atomic E-state index is 0.0634. The van der Waals surface area contributed by atoms with E-state index in [-0.39, 0.29) is 11.9 Å². The van der Waals surface area contributed by atoms with E-state index in [1.165, 1.54) is 11.1 Å². The molecule has 0 bridgehead atoms. The first-order valence-corrected chi connectivity index (χ1v) is 10.9. The Morgan fingerprint density at radius 1 is 0.867 bits per heavy atom. The molecule has 4 nitrogen and oxygen atoms in total. The summed E-state index contributed by atoms with van der Waals surface area (Å²) >= 11 is 3.54. The molecule has 1 aliphatic heterocycles. The van der Waals surface area contributed by atoms with Crippen LogP contribution >= 0.6 is 15.9 Å². The zero-order chi connectivity index (χ0) is 20.9. The van der Waals surface area contributed by atoms with Crippen molar-refractivity contribution in [2.24, 2.45) is 0 Å². The van der Waals surface area contributed by atoms with Crippen molar-refractivity contribution in [1.29, 1.82) is 0 Å². The minimum absolute atomic E-state index is 0.0634. The summed E-state index contributed by atoms with van der Waals surface area (Å²) in [6, 6.07) is 26.7. The van der Waals surface area contributed by atoms with Crippen molar-refractivity contribution in [2.45, 2.75) is 6.04 Å². The highest BCUT2D eigenvalue weighted by molar-refractivity contribution is 9.10. The first-order valence-electron chi connectivity index (χ1n) is 10.1. The second-order valence-corrected chi connectivity index (χ2v) is 8.34. The van der Waals surface area contributed by atoms with Crippen LogP contribution in [0, 0.1) is 0 Å². The van der Waals surface area contributed by atoms with Crippen molar-refractivity contribution in [3.05, 3.63) is 100 Å². The van der Waals surface area contributed by atoms with E-state index >= 15 is 0 Å². The van der Waals surface area contributed by atoms with Crippen LogP contribution in [0.5, 0.6) is 5.75 Å². The highest BCUT2D eigenvalue weighted by atomic mass is 79.9. The zero-order valence-corrected chi connectivity index (χ0v) is 18.6. The summed E-state index contributed by atoms with van der Waals surface area (Å²) in [5.74, 6) is 0.771. The Bertz CT molecular complexity index is 984. The van der Waals surface area contributed by atoms with E-state index in [9.17, 15) is 4.79 Å². The molecule has 1 heterocycles. The number of nitrogens with zero attached hydrogens (tertiary/aromatic N) is 2. The lowest BCUT2D eigenvalue weighted by molar-refractivity contribution is 0.0597. The molecule has 1 atom stereocenters. The largest absolute Gasteiger partial charge is 0.497 e. The van der Waals surface area contributed by atoms with Crippen LogP contribution in [0.15, 0.2) is 83.3 Å². The van der Waals surface area contributed by atoms with Crippen LogP contribution in [-0.2, 0) is 0 Å². The standard InChI is InChI=1S/C25H25BrN2O2/c1-30-23-9-5-8-21(18-23)25(29)28-16-14-27(15-17-28)24(19-6-3-2-4-7-19)20-10-12-22(26)13-11-20/h2-13,18,24H,14-17H2,1H3. The summed E-state index contributed by atoms with van der Waals surface area (Å²) in [6.45, 7) is 3.06. The highest BCUT2D eigenvalue weighted by Crippen LogP contribution is 2.30. The lowest BCUT2D eigenvalue weighted by Gasteiger charge is -2.40. The minimum Gasteiger partial charge on any atom is -0.497 e. The van der Waals surface area contributed by atoms with Crippen molar-refractivity contribution < 1.29 is 9.53 Å². The molecular formula is C25H25BrN2O2. The molecule has 30 heavy (non-hydrogen) atoms. The predicted octanol–water partition coefficient (Wildman–Crippen LogP) is 5.01. The van der Waals surface area contributed by atoms with Crippen LogP contribution in [0.2, 0.25) is 0 Å². The van der Waals surface area contributed by atoms with E-state index in [2.05, 4.69) is 69.4 Å². The molecular weight excluding hydrogens is 440 g/mol. The molecule has 5 heteroatoms. The van der Waals surface area contributed by atoms with Crippen LogP contribution in [0.4, 0.5) is 0 Å². The van der Waals surface area contributed by atoms with Crippen LogP contribution in [0.25, 0.3) is 0 Å². The number of piperazine rings is 1. The third-order valence-electron chi connectivity index (χ3n) is 5.58. The Morgan fingerprint density at radius 2 is 1.53 bits per heavy atom. The molecule has 0 aliphatic carbocycles. The summed E-state index contributed by atoms with van der Waals surface area (Å²) in [7, 11) is 1.62. The first kappa shape index (κ1) is 20.6. The van der Waals surface area contributed by atoms with Gasteiger partial charge in [0.2, 0.25) is 0 Å². The molecule has 1 unspecified atom stereocenters. The number of rotatable bonds is 5. The van der Waals surface area contributed by atoms with Gasteiger partial charge in [0.1, 0.15) is 5.75 Å². The molecule has 1 saturated heterocycles. The van der Waals surface area contributed by atoms with Crippen molar-refractivity contribution >= 4 is 21.8 Å². The van der Waals surface area contributed by atoms with Gasteiger partial charge >= 0.3 is 0 Å². The van der Waals surface area contributed by atoms with Gasteiger partial charge in [-0.3, -0.25) is 9.69 Å². The smallest absolute Gasteiger partial charge is 0.254 e. The highest BCUT2D eigenvalue weighted by Gasteiger charge is 2.28. The molecule has 3 aromatic rings. The van der Waals surface area contributed by atoms with E-state index in [4.69, 9.17) is 4.74 Å².